The first-order valence-electron chi connectivity index (χ1n) is 8.59. The fraction of sp³-hybridized carbons (Fsp3) is 0.722. The molecule has 1 aliphatic carbocycles. The van der Waals surface area contributed by atoms with Crippen molar-refractivity contribution in [2.75, 3.05) is 20.6 Å². The molecule has 6 heteroatoms. The minimum absolute atomic E-state index is 0.0323. The zero-order valence-electron chi connectivity index (χ0n) is 15.7. The van der Waals surface area contributed by atoms with Crippen molar-refractivity contribution in [3.63, 3.8) is 0 Å². The number of hydrogen-bond donors (Lipinski definition) is 2. The average Bonchev–Trinajstić information content (AvgIpc) is 3.01. The number of amides is 2. The summed E-state index contributed by atoms with van der Waals surface area (Å²) in [5.41, 5.74) is 0.104. The van der Waals surface area contributed by atoms with Crippen LogP contribution in [0.25, 0.3) is 0 Å². The second-order valence-electron chi connectivity index (χ2n) is 7.90. The molecule has 0 radical (unpaired) electrons. The van der Waals surface area contributed by atoms with Crippen LogP contribution >= 0.6 is 0 Å². The predicted octanol–water partition coefficient (Wildman–Crippen LogP) is 1.91. The second-order valence-corrected chi connectivity index (χ2v) is 7.90. The van der Waals surface area contributed by atoms with Crippen molar-refractivity contribution in [1.29, 1.82) is 0 Å². The van der Waals surface area contributed by atoms with Gasteiger partial charge in [-0.15, -0.1) is 0 Å². The fourth-order valence-electron chi connectivity index (χ4n) is 3.73. The van der Waals surface area contributed by atoms with E-state index in [1.165, 1.54) is 0 Å². The zero-order chi connectivity index (χ0) is 18.1. The number of hydrogen-bond acceptors (Lipinski definition) is 3. The third-order valence-corrected chi connectivity index (χ3v) is 5.87. The molecular formula is C18H30N4O2. The lowest BCUT2D eigenvalue weighted by Gasteiger charge is -2.40. The largest absolute Gasteiger partial charge is 0.355 e. The molecular weight excluding hydrogens is 304 g/mol. The standard InChI is InChI=1S/C18H30N4O2/c1-12-11-20-14(21-12)8-10-19-16(24)18(4)9-7-13(17(18,2)3)15(23)22(5)6/h11,13H,7-10H2,1-6H3,(H,19,24)(H,20,21)/t13-,18+/m0/s1. The SMILES string of the molecule is Cc1cnc(CCNC(=O)[C@@]2(C)CC[C@@H](C(=O)N(C)C)C2(C)C)[nH]1. The van der Waals surface area contributed by atoms with Crippen molar-refractivity contribution in [2.24, 2.45) is 16.7 Å². The summed E-state index contributed by atoms with van der Waals surface area (Å²) in [6.07, 6.45) is 3.95. The van der Waals surface area contributed by atoms with Crippen molar-refractivity contribution in [1.82, 2.24) is 20.2 Å². The monoisotopic (exact) mass is 334 g/mol. The molecule has 2 amide bonds. The molecule has 134 valence electrons. The van der Waals surface area contributed by atoms with Gasteiger partial charge in [-0.25, -0.2) is 4.98 Å². The summed E-state index contributed by atoms with van der Waals surface area (Å²) in [6.45, 7) is 8.58. The summed E-state index contributed by atoms with van der Waals surface area (Å²) in [5.74, 6) is 0.910. The van der Waals surface area contributed by atoms with Crippen molar-refractivity contribution >= 4 is 11.8 Å². The van der Waals surface area contributed by atoms with Crippen LogP contribution < -0.4 is 5.32 Å². The Hall–Kier alpha value is -1.85. The Balaban J connectivity index is 2.01. The van der Waals surface area contributed by atoms with Crippen molar-refractivity contribution in [2.45, 2.75) is 47.0 Å². The van der Waals surface area contributed by atoms with Gasteiger partial charge < -0.3 is 15.2 Å². The van der Waals surface area contributed by atoms with Crippen molar-refractivity contribution in [3.05, 3.63) is 17.7 Å². The van der Waals surface area contributed by atoms with Crippen molar-refractivity contribution in [3.8, 4) is 0 Å². The van der Waals surface area contributed by atoms with E-state index in [1.807, 2.05) is 27.7 Å². The van der Waals surface area contributed by atoms with E-state index < -0.39 is 5.41 Å². The highest BCUT2D eigenvalue weighted by molar-refractivity contribution is 5.87. The first-order chi connectivity index (χ1) is 11.1. The number of nitrogens with one attached hydrogen (secondary N) is 2. The van der Waals surface area contributed by atoms with Gasteiger partial charge in [0.25, 0.3) is 0 Å². The number of aryl methyl sites for hydroxylation is 1. The molecule has 2 atom stereocenters. The molecule has 1 saturated carbocycles. The first-order valence-corrected chi connectivity index (χ1v) is 8.59. The van der Waals surface area contributed by atoms with E-state index in [9.17, 15) is 9.59 Å². The molecule has 0 unspecified atom stereocenters. The molecule has 0 bridgehead atoms. The molecule has 1 aliphatic rings. The van der Waals surface area contributed by atoms with Gasteiger partial charge in [-0.2, -0.15) is 0 Å². The highest BCUT2D eigenvalue weighted by Gasteiger charge is 2.58. The third-order valence-electron chi connectivity index (χ3n) is 5.87. The quantitative estimate of drug-likeness (QED) is 0.863. The number of aromatic amines is 1. The van der Waals surface area contributed by atoms with Gasteiger partial charge in [-0.1, -0.05) is 20.8 Å². The van der Waals surface area contributed by atoms with Gasteiger partial charge in [0.15, 0.2) is 0 Å². The number of H-pyrrole nitrogens is 1. The molecule has 0 aliphatic heterocycles. The number of rotatable bonds is 5. The molecule has 2 rings (SSSR count). The Kier molecular flexibility index (Phi) is 5.06. The van der Waals surface area contributed by atoms with Crippen LogP contribution in [0.1, 0.15) is 45.1 Å². The summed E-state index contributed by atoms with van der Waals surface area (Å²) in [7, 11) is 3.55. The van der Waals surface area contributed by atoms with E-state index in [0.29, 0.717) is 13.0 Å². The second kappa shape index (κ2) is 6.57. The van der Waals surface area contributed by atoms with Crippen LogP contribution in [0.5, 0.6) is 0 Å². The third kappa shape index (κ3) is 3.19. The lowest BCUT2D eigenvalue weighted by Crippen LogP contribution is -2.49. The molecule has 1 aromatic rings. The van der Waals surface area contributed by atoms with E-state index in [2.05, 4.69) is 15.3 Å². The van der Waals surface area contributed by atoms with Crippen LogP contribution in [0.4, 0.5) is 0 Å². The minimum Gasteiger partial charge on any atom is -0.355 e. The summed E-state index contributed by atoms with van der Waals surface area (Å²) in [6, 6.07) is 0. The Morgan fingerprint density at radius 3 is 2.58 bits per heavy atom. The Labute approximate surface area is 144 Å². The highest BCUT2D eigenvalue weighted by atomic mass is 16.2. The van der Waals surface area contributed by atoms with Crippen LogP contribution in [-0.2, 0) is 16.0 Å². The van der Waals surface area contributed by atoms with Crippen LogP contribution in [0.3, 0.4) is 0 Å². The zero-order valence-corrected chi connectivity index (χ0v) is 15.7. The number of carbonyl (C=O) groups excluding carboxylic acids is 2. The Morgan fingerprint density at radius 2 is 2.04 bits per heavy atom. The maximum atomic E-state index is 12.8. The predicted molar refractivity (Wildman–Crippen MR) is 93.3 cm³/mol. The molecule has 0 aromatic carbocycles. The maximum Gasteiger partial charge on any atom is 0.226 e. The lowest BCUT2D eigenvalue weighted by atomic mass is 9.65. The van der Waals surface area contributed by atoms with Crippen LogP contribution in [0.2, 0.25) is 0 Å². The van der Waals surface area contributed by atoms with Crippen LogP contribution in [-0.4, -0.2) is 47.3 Å². The summed E-state index contributed by atoms with van der Waals surface area (Å²) in [5, 5.41) is 3.04. The van der Waals surface area contributed by atoms with Gasteiger partial charge in [0.2, 0.25) is 11.8 Å². The molecule has 1 fully saturated rings. The minimum atomic E-state index is -0.539. The maximum absolute atomic E-state index is 12.8. The lowest BCUT2D eigenvalue weighted by molar-refractivity contribution is -0.142. The van der Waals surface area contributed by atoms with Gasteiger partial charge in [0.1, 0.15) is 5.82 Å². The highest BCUT2D eigenvalue weighted by Crippen LogP contribution is 2.56. The molecule has 2 N–H and O–H groups in total. The number of aromatic nitrogens is 2. The van der Waals surface area contributed by atoms with Gasteiger partial charge in [0, 0.05) is 44.9 Å². The number of nitrogens with zero attached hydrogens (tertiary/aromatic N) is 2. The summed E-state index contributed by atoms with van der Waals surface area (Å²) < 4.78 is 0. The van der Waals surface area contributed by atoms with Gasteiger partial charge >= 0.3 is 0 Å². The van der Waals surface area contributed by atoms with Gasteiger partial charge in [-0.05, 0) is 25.2 Å². The summed E-state index contributed by atoms with van der Waals surface area (Å²) >= 11 is 0. The number of imidazole rings is 1. The van der Waals surface area contributed by atoms with Gasteiger partial charge in [-0.3, -0.25) is 9.59 Å². The van der Waals surface area contributed by atoms with E-state index in [1.54, 1.807) is 25.2 Å². The average molecular weight is 334 g/mol. The molecule has 0 spiro atoms. The molecule has 24 heavy (non-hydrogen) atoms. The molecule has 1 aromatic heterocycles. The normalized spacial score (nSPS) is 25.5. The first kappa shape index (κ1) is 18.5. The van der Waals surface area contributed by atoms with Crippen LogP contribution in [0.15, 0.2) is 6.20 Å². The fourth-order valence-corrected chi connectivity index (χ4v) is 3.73. The van der Waals surface area contributed by atoms with E-state index in [0.717, 1.165) is 24.4 Å². The van der Waals surface area contributed by atoms with Crippen LogP contribution in [0, 0.1) is 23.7 Å². The smallest absolute Gasteiger partial charge is 0.226 e. The Morgan fingerprint density at radius 1 is 1.38 bits per heavy atom. The topological polar surface area (TPSA) is 78.1 Å². The summed E-state index contributed by atoms with van der Waals surface area (Å²) in [4.78, 5) is 34.4. The van der Waals surface area contributed by atoms with Gasteiger partial charge in [0.05, 0.1) is 5.41 Å². The van der Waals surface area contributed by atoms with Crippen molar-refractivity contribution < 1.29 is 9.59 Å². The molecule has 0 saturated heterocycles. The molecule has 1 heterocycles. The van der Waals surface area contributed by atoms with E-state index >= 15 is 0 Å². The van der Waals surface area contributed by atoms with E-state index in [-0.39, 0.29) is 23.1 Å². The number of carbonyl (C=O) groups is 2. The van der Waals surface area contributed by atoms with E-state index in [4.69, 9.17) is 0 Å². The Bertz CT molecular complexity index is 620. The molecule has 6 nitrogen and oxygen atoms in total.